The normalized spacial score (nSPS) is 10.4. The van der Waals surface area contributed by atoms with Gasteiger partial charge in [0.1, 0.15) is 0 Å². The van der Waals surface area contributed by atoms with Gasteiger partial charge in [0.05, 0.1) is 0 Å². The summed E-state index contributed by atoms with van der Waals surface area (Å²) in [6.07, 6.45) is 1.14. The topological polar surface area (TPSA) is 29.3 Å². The molecule has 0 saturated carbocycles. The number of hydrogen-bond acceptors (Lipinski definition) is 2. The summed E-state index contributed by atoms with van der Waals surface area (Å²) in [4.78, 5) is 2.40. The van der Waals surface area contributed by atoms with Gasteiger partial charge in [-0.2, -0.15) is 0 Å². The van der Waals surface area contributed by atoms with E-state index in [4.69, 9.17) is 5.73 Å². The number of nitrogens with zero attached hydrogens (tertiary/aromatic N) is 1. The lowest BCUT2D eigenvalue weighted by Gasteiger charge is -2.25. The average Bonchev–Trinajstić information content (AvgIpc) is 2.42. The highest BCUT2D eigenvalue weighted by atomic mass is 15.1. The molecule has 0 saturated heterocycles. The molecule has 2 aromatic carbocycles. The molecule has 100 valence electrons. The molecule has 2 heteroatoms. The van der Waals surface area contributed by atoms with Crippen molar-refractivity contribution < 1.29 is 0 Å². The molecule has 0 aliphatic rings. The molecule has 0 aliphatic heterocycles. The quantitative estimate of drug-likeness (QED) is 0.817. The molecule has 2 nitrogen and oxygen atoms in total. The maximum atomic E-state index is 5.76. The minimum Gasteiger partial charge on any atom is -0.399 e. The van der Waals surface area contributed by atoms with E-state index < -0.39 is 0 Å². The van der Waals surface area contributed by atoms with Gasteiger partial charge in [0.25, 0.3) is 0 Å². The molecule has 0 fully saturated rings. The van der Waals surface area contributed by atoms with Crippen LogP contribution in [0.5, 0.6) is 0 Å². The van der Waals surface area contributed by atoms with E-state index in [0.717, 1.165) is 25.2 Å². The molecule has 0 heterocycles. The summed E-state index contributed by atoms with van der Waals surface area (Å²) in [6.45, 7) is 6.38. The lowest BCUT2D eigenvalue weighted by molar-refractivity contribution is 0.765. The van der Waals surface area contributed by atoms with E-state index >= 15 is 0 Å². The summed E-state index contributed by atoms with van der Waals surface area (Å²) < 4.78 is 0. The number of anilines is 2. The van der Waals surface area contributed by atoms with Crippen molar-refractivity contribution in [1.82, 2.24) is 0 Å². The van der Waals surface area contributed by atoms with Gasteiger partial charge in [0.2, 0.25) is 0 Å². The van der Waals surface area contributed by atoms with Gasteiger partial charge in [-0.1, -0.05) is 31.2 Å². The molecular weight excluding hydrogens is 232 g/mol. The SMILES string of the molecule is CCCN(Cc1ccccc1C)c1ccc(N)cc1. The van der Waals surface area contributed by atoms with Crippen molar-refractivity contribution in [3.8, 4) is 0 Å². The van der Waals surface area contributed by atoms with Crippen LogP contribution in [0.3, 0.4) is 0 Å². The lowest BCUT2D eigenvalue weighted by atomic mass is 10.1. The minimum absolute atomic E-state index is 0.816. The third-order valence-corrected chi connectivity index (χ3v) is 3.37. The van der Waals surface area contributed by atoms with Crippen LogP contribution in [0, 0.1) is 6.92 Å². The van der Waals surface area contributed by atoms with Crippen molar-refractivity contribution in [2.45, 2.75) is 26.8 Å². The van der Waals surface area contributed by atoms with E-state index in [9.17, 15) is 0 Å². The summed E-state index contributed by atoms with van der Waals surface area (Å²) in [6, 6.07) is 16.7. The van der Waals surface area contributed by atoms with Crippen LogP contribution in [0.25, 0.3) is 0 Å². The molecule has 0 aromatic heterocycles. The van der Waals surface area contributed by atoms with E-state index in [-0.39, 0.29) is 0 Å². The van der Waals surface area contributed by atoms with Crippen LogP contribution in [0.2, 0.25) is 0 Å². The monoisotopic (exact) mass is 254 g/mol. The molecule has 2 N–H and O–H groups in total. The van der Waals surface area contributed by atoms with Crippen LogP contribution < -0.4 is 10.6 Å². The number of aryl methyl sites for hydroxylation is 1. The second-order valence-electron chi connectivity index (χ2n) is 4.94. The number of hydrogen-bond donors (Lipinski definition) is 1. The van der Waals surface area contributed by atoms with Gasteiger partial charge in [-0.15, -0.1) is 0 Å². The first-order valence-electron chi connectivity index (χ1n) is 6.85. The summed E-state index contributed by atoms with van der Waals surface area (Å²) in [7, 11) is 0. The Morgan fingerprint density at radius 2 is 1.68 bits per heavy atom. The second kappa shape index (κ2) is 6.28. The van der Waals surface area contributed by atoms with Crippen molar-refractivity contribution >= 4 is 11.4 Å². The predicted molar refractivity (Wildman–Crippen MR) is 83.4 cm³/mol. The maximum Gasteiger partial charge on any atom is 0.0432 e. The highest BCUT2D eigenvalue weighted by Crippen LogP contribution is 2.20. The Kier molecular flexibility index (Phi) is 4.45. The van der Waals surface area contributed by atoms with E-state index in [1.54, 1.807) is 0 Å². The molecule has 0 amide bonds. The predicted octanol–water partition coefficient (Wildman–Crippen LogP) is 3.99. The van der Waals surface area contributed by atoms with Crippen molar-refractivity contribution in [3.63, 3.8) is 0 Å². The number of benzene rings is 2. The summed E-state index contributed by atoms with van der Waals surface area (Å²) in [5.41, 5.74) is 10.5. The van der Waals surface area contributed by atoms with Crippen molar-refractivity contribution in [2.24, 2.45) is 0 Å². The Hall–Kier alpha value is -1.96. The fourth-order valence-corrected chi connectivity index (χ4v) is 2.25. The first-order chi connectivity index (χ1) is 9.20. The Morgan fingerprint density at radius 3 is 2.32 bits per heavy atom. The standard InChI is InChI=1S/C17H22N2/c1-3-12-19(17-10-8-16(18)9-11-17)13-15-7-5-4-6-14(15)2/h4-11H,3,12-13,18H2,1-2H3. The Morgan fingerprint density at radius 1 is 1.00 bits per heavy atom. The fraction of sp³-hybridized carbons (Fsp3) is 0.294. The first kappa shape index (κ1) is 13.5. The Bertz CT molecular complexity index is 517. The summed E-state index contributed by atoms with van der Waals surface area (Å²) in [5.74, 6) is 0. The molecule has 2 rings (SSSR count). The van der Waals surface area contributed by atoms with Crippen molar-refractivity contribution in [2.75, 3.05) is 17.2 Å². The van der Waals surface area contributed by atoms with Gasteiger partial charge < -0.3 is 10.6 Å². The maximum absolute atomic E-state index is 5.76. The lowest BCUT2D eigenvalue weighted by Crippen LogP contribution is -2.23. The van der Waals surface area contributed by atoms with Crippen molar-refractivity contribution in [3.05, 3.63) is 59.7 Å². The largest absolute Gasteiger partial charge is 0.399 e. The van der Waals surface area contributed by atoms with Crippen LogP contribution in [-0.2, 0) is 6.54 Å². The Labute approximate surface area is 115 Å². The van der Waals surface area contributed by atoms with Gasteiger partial charge in [-0.05, 0) is 48.7 Å². The summed E-state index contributed by atoms with van der Waals surface area (Å²) in [5, 5.41) is 0. The summed E-state index contributed by atoms with van der Waals surface area (Å²) >= 11 is 0. The van der Waals surface area contributed by atoms with Gasteiger partial charge in [-0.3, -0.25) is 0 Å². The Balaban J connectivity index is 2.21. The van der Waals surface area contributed by atoms with Crippen LogP contribution in [0.1, 0.15) is 24.5 Å². The molecule has 0 radical (unpaired) electrons. The van der Waals surface area contributed by atoms with E-state index in [2.05, 4.69) is 55.1 Å². The molecule has 0 spiro atoms. The molecule has 2 aromatic rings. The van der Waals surface area contributed by atoms with Crippen molar-refractivity contribution in [1.29, 1.82) is 0 Å². The average molecular weight is 254 g/mol. The molecule has 0 atom stereocenters. The van der Waals surface area contributed by atoms with Crippen LogP contribution in [0.15, 0.2) is 48.5 Å². The molecule has 0 aliphatic carbocycles. The zero-order chi connectivity index (χ0) is 13.7. The zero-order valence-corrected chi connectivity index (χ0v) is 11.8. The zero-order valence-electron chi connectivity index (χ0n) is 11.8. The number of nitrogens with two attached hydrogens (primary N) is 1. The third-order valence-electron chi connectivity index (χ3n) is 3.37. The van der Waals surface area contributed by atoms with E-state index in [1.807, 2.05) is 12.1 Å². The highest BCUT2D eigenvalue weighted by Gasteiger charge is 2.07. The molecular formula is C17H22N2. The van der Waals surface area contributed by atoms with Gasteiger partial charge in [0, 0.05) is 24.5 Å². The van der Waals surface area contributed by atoms with Crippen LogP contribution >= 0.6 is 0 Å². The molecule has 0 bridgehead atoms. The minimum atomic E-state index is 0.816. The van der Waals surface area contributed by atoms with Crippen LogP contribution in [0.4, 0.5) is 11.4 Å². The number of nitrogen functional groups attached to an aromatic ring is 1. The second-order valence-corrected chi connectivity index (χ2v) is 4.94. The first-order valence-corrected chi connectivity index (χ1v) is 6.85. The van der Waals surface area contributed by atoms with Gasteiger partial charge in [0.15, 0.2) is 0 Å². The van der Waals surface area contributed by atoms with E-state index in [0.29, 0.717) is 0 Å². The van der Waals surface area contributed by atoms with Gasteiger partial charge >= 0.3 is 0 Å². The van der Waals surface area contributed by atoms with Crippen LogP contribution in [-0.4, -0.2) is 6.54 Å². The third kappa shape index (κ3) is 3.50. The fourth-order valence-electron chi connectivity index (χ4n) is 2.25. The van der Waals surface area contributed by atoms with E-state index in [1.165, 1.54) is 16.8 Å². The number of rotatable bonds is 5. The smallest absolute Gasteiger partial charge is 0.0432 e. The molecule has 0 unspecified atom stereocenters. The van der Waals surface area contributed by atoms with Gasteiger partial charge in [-0.25, -0.2) is 0 Å². The highest BCUT2D eigenvalue weighted by molar-refractivity contribution is 5.53. The molecule has 19 heavy (non-hydrogen) atoms.